The predicted octanol–water partition coefficient (Wildman–Crippen LogP) is 3.34. The van der Waals surface area contributed by atoms with Crippen LogP contribution in [0.15, 0.2) is 54.6 Å². The number of rotatable bonds is 4. The smallest absolute Gasteiger partial charge is 0.209 e. The Hall–Kier alpha value is -2.47. The van der Waals surface area contributed by atoms with Gasteiger partial charge in [-0.1, -0.05) is 30.3 Å². The van der Waals surface area contributed by atoms with Gasteiger partial charge < -0.3 is 9.47 Å². The van der Waals surface area contributed by atoms with E-state index in [0.29, 0.717) is 5.75 Å². The summed E-state index contributed by atoms with van der Waals surface area (Å²) in [7, 11) is 1.61. The number of methoxy groups -OCH3 is 1. The first kappa shape index (κ1) is 12.0. The molecule has 1 atom stereocenters. The summed E-state index contributed by atoms with van der Waals surface area (Å²) in [5.74, 6) is 1.40. The lowest BCUT2D eigenvalue weighted by Gasteiger charge is -2.12. The highest BCUT2D eigenvalue weighted by Gasteiger charge is 2.11. The summed E-state index contributed by atoms with van der Waals surface area (Å²) in [5, 5.41) is 9.14. The van der Waals surface area contributed by atoms with Crippen LogP contribution in [0.25, 0.3) is 0 Å². The third kappa shape index (κ3) is 2.80. The Morgan fingerprint density at radius 3 is 2.11 bits per heavy atom. The van der Waals surface area contributed by atoms with Gasteiger partial charge >= 0.3 is 0 Å². The van der Waals surface area contributed by atoms with Crippen molar-refractivity contribution in [1.82, 2.24) is 0 Å². The molecule has 0 radical (unpaired) electrons. The van der Waals surface area contributed by atoms with Crippen LogP contribution >= 0.6 is 0 Å². The maximum Gasteiger partial charge on any atom is 0.209 e. The maximum atomic E-state index is 9.14. The number of hydrogen-bond acceptors (Lipinski definition) is 3. The van der Waals surface area contributed by atoms with E-state index in [1.807, 2.05) is 30.3 Å². The van der Waals surface area contributed by atoms with E-state index in [2.05, 4.69) is 6.07 Å². The lowest BCUT2D eigenvalue weighted by atomic mass is 10.1. The molecule has 0 aliphatic rings. The molecule has 0 saturated heterocycles. The Morgan fingerprint density at radius 2 is 1.56 bits per heavy atom. The van der Waals surface area contributed by atoms with Gasteiger partial charge in [-0.25, -0.2) is 0 Å². The number of ether oxygens (including phenoxy) is 2. The van der Waals surface area contributed by atoms with Gasteiger partial charge in [-0.3, -0.25) is 0 Å². The van der Waals surface area contributed by atoms with Crippen molar-refractivity contribution in [2.45, 2.75) is 6.10 Å². The fourth-order valence-corrected chi connectivity index (χ4v) is 1.59. The van der Waals surface area contributed by atoms with Crippen LogP contribution in [0.2, 0.25) is 0 Å². The largest absolute Gasteiger partial charge is 0.497 e. The molecule has 3 heteroatoms. The molecule has 0 unspecified atom stereocenters. The van der Waals surface area contributed by atoms with Gasteiger partial charge in [-0.2, -0.15) is 5.26 Å². The highest BCUT2D eigenvalue weighted by atomic mass is 16.5. The molecule has 0 fully saturated rings. The number of nitriles is 1. The van der Waals surface area contributed by atoms with E-state index < -0.39 is 6.10 Å². The standard InChI is InChI=1S/C15H13NO2/c1-17-13-7-9-14(10-8-13)18-15(11-16)12-5-3-2-4-6-12/h2-10,15H,1H3/t15-/m0/s1. The van der Waals surface area contributed by atoms with Gasteiger partial charge in [-0.15, -0.1) is 0 Å². The molecule has 2 aromatic carbocycles. The quantitative estimate of drug-likeness (QED) is 0.821. The van der Waals surface area contributed by atoms with E-state index in [-0.39, 0.29) is 0 Å². The highest BCUT2D eigenvalue weighted by molar-refractivity contribution is 5.33. The van der Waals surface area contributed by atoms with Crippen LogP contribution in [0.4, 0.5) is 0 Å². The van der Waals surface area contributed by atoms with Gasteiger partial charge in [0.05, 0.1) is 7.11 Å². The molecule has 0 N–H and O–H groups in total. The van der Waals surface area contributed by atoms with Crippen LogP contribution in [0.1, 0.15) is 11.7 Å². The molecule has 90 valence electrons. The van der Waals surface area contributed by atoms with Crippen LogP contribution in [0, 0.1) is 11.3 Å². The molecule has 0 saturated carbocycles. The van der Waals surface area contributed by atoms with Crippen molar-refractivity contribution < 1.29 is 9.47 Å². The zero-order chi connectivity index (χ0) is 12.8. The van der Waals surface area contributed by atoms with Crippen molar-refractivity contribution in [3.8, 4) is 17.6 Å². The second-order valence-corrected chi connectivity index (χ2v) is 3.71. The van der Waals surface area contributed by atoms with Crippen molar-refractivity contribution in [2.75, 3.05) is 7.11 Å². The van der Waals surface area contributed by atoms with Crippen LogP contribution in [-0.2, 0) is 0 Å². The normalized spacial score (nSPS) is 11.3. The molecular formula is C15H13NO2. The monoisotopic (exact) mass is 239 g/mol. The fourth-order valence-electron chi connectivity index (χ4n) is 1.59. The van der Waals surface area contributed by atoms with E-state index in [4.69, 9.17) is 14.7 Å². The van der Waals surface area contributed by atoms with Gasteiger partial charge in [0.1, 0.15) is 17.6 Å². The van der Waals surface area contributed by atoms with Crippen LogP contribution in [-0.4, -0.2) is 7.11 Å². The molecule has 0 heterocycles. The van der Waals surface area contributed by atoms with E-state index in [1.165, 1.54) is 0 Å². The van der Waals surface area contributed by atoms with Gasteiger partial charge in [0.25, 0.3) is 0 Å². The summed E-state index contributed by atoms with van der Waals surface area (Å²) in [5.41, 5.74) is 0.843. The zero-order valence-electron chi connectivity index (χ0n) is 10.0. The van der Waals surface area contributed by atoms with E-state index in [9.17, 15) is 0 Å². The molecule has 0 bridgehead atoms. The fraction of sp³-hybridized carbons (Fsp3) is 0.133. The maximum absolute atomic E-state index is 9.14. The highest BCUT2D eigenvalue weighted by Crippen LogP contribution is 2.23. The second-order valence-electron chi connectivity index (χ2n) is 3.71. The molecule has 3 nitrogen and oxygen atoms in total. The van der Waals surface area contributed by atoms with Crippen LogP contribution in [0.3, 0.4) is 0 Å². The predicted molar refractivity (Wildman–Crippen MR) is 68.4 cm³/mol. The summed E-state index contributed by atoms with van der Waals surface area (Å²) in [6.07, 6.45) is -0.598. The second kappa shape index (κ2) is 5.74. The summed E-state index contributed by atoms with van der Waals surface area (Å²) in [6.45, 7) is 0. The number of hydrogen-bond donors (Lipinski definition) is 0. The van der Waals surface area contributed by atoms with Gasteiger partial charge in [0.15, 0.2) is 0 Å². The zero-order valence-corrected chi connectivity index (χ0v) is 10.0. The first-order valence-corrected chi connectivity index (χ1v) is 5.59. The minimum Gasteiger partial charge on any atom is -0.497 e. The lowest BCUT2D eigenvalue weighted by Crippen LogP contribution is -2.04. The summed E-state index contributed by atoms with van der Waals surface area (Å²) in [6, 6.07) is 18.7. The Kier molecular flexibility index (Phi) is 3.83. The summed E-state index contributed by atoms with van der Waals surface area (Å²) in [4.78, 5) is 0. The van der Waals surface area contributed by atoms with E-state index in [1.54, 1.807) is 31.4 Å². The van der Waals surface area contributed by atoms with Gasteiger partial charge in [-0.05, 0) is 24.3 Å². The molecule has 0 aliphatic heterocycles. The van der Waals surface area contributed by atoms with Gasteiger partial charge in [0.2, 0.25) is 6.10 Å². The first-order valence-electron chi connectivity index (χ1n) is 5.59. The van der Waals surface area contributed by atoms with Crippen molar-refractivity contribution in [2.24, 2.45) is 0 Å². The van der Waals surface area contributed by atoms with E-state index >= 15 is 0 Å². The minimum absolute atomic E-state index is 0.598. The third-order valence-electron chi connectivity index (χ3n) is 2.53. The topological polar surface area (TPSA) is 42.2 Å². The molecule has 2 rings (SSSR count). The summed E-state index contributed by atoms with van der Waals surface area (Å²) < 4.78 is 10.7. The van der Waals surface area contributed by atoms with Crippen molar-refractivity contribution in [3.63, 3.8) is 0 Å². The first-order chi connectivity index (χ1) is 8.83. The Morgan fingerprint density at radius 1 is 0.944 bits per heavy atom. The van der Waals surface area contributed by atoms with Crippen LogP contribution in [0.5, 0.6) is 11.5 Å². The minimum atomic E-state index is -0.598. The summed E-state index contributed by atoms with van der Waals surface area (Å²) >= 11 is 0. The lowest BCUT2D eigenvalue weighted by molar-refractivity contribution is 0.262. The molecule has 0 amide bonds. The molecule has 2 aromatic rings. The Bertz CT molecular complexity index is 529. The molecule has 0 spiro atoms. The molecule has 18 heavy (non-hydrogen) atoms. The molecular weight excluding hydrogens is 226 g/mol. The number of nitrogens with zero attached hydrogens (tertiary/aromatic N) is 1. The van der Waals surface area contributed by atoms with Gasteiger partial charge in [0, 0.05) is 5.56 Å². The Labute approximate surface area is 106 Å². The van der Waals surface area contributed by atoms with Crippen molar-refractivity contribution in [1.29, 1.82) is 5.26 Å². The molecule has 0 aliphatic carbocycles. The Balaban J connectivity index is 2.13. The van der Waals surface area contributed by atoms with E-state index in [0.717, 1.165) is 11.3 Å². The average Bonchev–Trinajstić information content (AvgIpc) is 2.46. The van der Waals surface area contributed by atoms with Crippen LogP contribution < -0.4 is 9.47 Å². The van der Waals surface area contributed by atoms with Crippen molar-refractivity contribution >= 4 is 0 Å². The molecule has 0 aromatic heterocycles. The average molecular weight is 239 g/mol. The van der Waals surface area contributed by atoms with Crippen molar-refractivity contribution in [3.05, 3.63) is 60.2 Å². The third-order valence-corrected chi connectivity index (χ3v) is 2.53. The SMILES string of the molecule is COc1ccc(O[C@@H](C#N)c2ccccc2)cc1. The number of benzene rings is 2.